The molecule has 0 aromatic rings. The lowest BCUT2D eigenvalue weighted by molar-refractivity contribution is -0.155. The number of carbonyl (C=O) groups is 1. The van der Waals surface area contributed by atoms with E-state index in [4.69, 9.17) is 10.00 Å². The molecule has 1 saturated heterocycles. The number of nitrogens with zero attached hydrogens (tertiary/aromatic N) is 4. The number of methoxy groups -OCH3 is 1. The molecule has 0 aromatic carbocycles. The monoisotopic (exact) mass is 576 g/mol. The van der Waals surface area contributed by atoms with Crippen LogP contribution in [-0.2, 0) is 9.53 Å². The summed E-state index contributed by atoms with van der Waals surface area (Å²) in [7, 11) is 1.59. The molecule has 6 nitrogen and oxygen atoms in total. The van der Waals surface area contributed by atoms with Crippen LogP contribution in [0.5, 0.6) is 0 Å². The van der Waals surface area contributed by atoms with Gasteiger partial charge in [0.15, 0.2) is 0 Å². The fraction of sp³-hybridized carbons (Fsp3) is 0.583. The lowest BCUT2D eigenvalue weighted by Gasteiger charge is -2.44. The molecular formula is C36H56N4O2. The van der Waals surface area contributed by atoms with Crippen LogP contribution >= 0.6 is 0 Å². The predicted molar refractivity (Wildman–Crippen MR) is 178 cm³/mol. The standard InChI is InChI=1S/C23H37N3O2.C13H19N/c1-9-20(19-11-12-19)21(17(4)24-10-2)18(5)25-13-14-26(16(3)15-25)22(27)23(6,7)28-8;1-4-6-7-9-13(11-14)10-12(3)8-5-2/h9-10,16,19H,2,11-15H2,1,3-8H3;6-7,9-10H,4-5,8H2,1-3H3/b20-9-,21-18-,24-17?;7-6+,12-10+,13-9+. The minimum Gasteiger partial charge on any atom is -0.371 e. The summed E-state index contributed by atoms with van der Waals surface area (Å²) < 4.78 is 5.40. The van der Waals surface area contributed by atoms with E-state index in [1.165, 1.54) is 35.3 Å². The van der Waals surface area contributed by atoms with Gasteiger partial charge in [0, 0.05) is 56.0 Å². The van der Waals surface area contributed by atoms with E-state index in [0.717, 1.165) is 43.6 Å². The van der Waals surface area contributed by atoms with Crippen molar-refractivity contribution in [2.45, 2.75) is 106 Å². The summed E-state index contributed by atoms with van der Waals surface area (Å²) in [6.45, 7) is 24.5. The second-order valence-corrected chi connectivity index (χ2v) is 11.7. The Morgan fingerprint density at radius 1 is 1.19 bits per heavy atom. The maximum atomic E-state index is 12.8. The van der Waals surface area contributed by atoms with Crippen molar-refractivity contribution in [1.82, 2.24) is 9.80 Å². The molecule has 6 heteroatoms. The van der Waals surface area contributed by atoms with Crippen molar-refractivity contribution >= 4 is 11.6 Å². The van der Waals surface area contributed by atoms with Crippen molar-refractivity contribution in [2.24, 2.45) is 10.9 Å². The number of carbonyl (C=O) groups excluding carboxylic acids is 1. The van der Waals surface area contributed by atoms with Crippen molar-refractivity contribution < 1.29 is 9.53 Å². The number of nitriles is 1. The molecule has 2 rings (SSSR count). The number of allylic oxidation sites excluding steroid dienone is 10. The Morgan fingerprint density at radius 3 is 2.33 bits per heavy atom. The Bertz CT molecular complexity index is 1140. The van der Waals surface area contributed by atoms with Crippen molar-refractivity contribution in [2.75, 3.05) is 26.7 Å². The van der Waals surface area contributed by atoms with Gasteiger partial charge in [-0.3, -0.25) is 9.79 Å². The van der Waals surface area contributed by atoms with E-state index in [9.17, 15) is 4.79 Å². The number of hydrogen-bond acceptors (Lipinski definition) is 5. The minimum absolute atomic E-state index is 0.0560. The van der Waals surface area contributed by atoms with E-state index < -0.39 is 5.60 Å². The third kappa shape index (κ3) is 11.2. The zero-order chi connectivity index (χ0) is 31.9. The average molecular weight is 577 g/mol. The van der Waals surface area contributed by atoms with Crippen LogP contribution in [0, 0.1) is 17.2 Å². The predicted octanol–water partition coefficient (Wildman–Crippen LogP) is 8.33. The molecule has 1 saturated carbocycles. The summed E-state index contributed by atoms with van der Waals surface area (Å²) in [4.78, 5) is 21.7. The first-order chi connectivity index (χ1) is 19.9. The Labute approximate surface area is 256 Å². The molecule has 0 N–H and O–H groups in total. The lowest BCUT2D eigenvalue weighted by atomic mass is 9.94. The molecule has 2 aliphatic rings. The first-order valence-electron chi connectivity index (χ1n) is 15.5. The van der Waals surface area contributed by atoms with Crippen LogP contribution < -0.4 is 0 Å². The van der Waals surface area contributed by atoms with E-state index in [0.29, 0.717) is 12.5 Å². The Hall–Kier alpha value is -3.17. The smallest absolute Gasteiger partial charge is 0.254 e. The van der Waals surface area contributed by atoms with Crippen molar-refractivity contribution in [1.29, 1.82) is 5.26 Å². The van der Waals surface area contributed by atoms with Gasteiger partial charge in [-0.25, -0.2) is 0 Å². The van der Waals surface area contributed by atoms with Gasteiger partial charge in [-0.1, -0.05) is 50.6 Å². The largest absolute Gasteiger partial charge is 0.371 e. The highest BCUT2D eigenvalue weighted by molar-refractivity contribution is 6.03. The van der Waals surface area contributed by atoms with Gasteiger partial charge in [0.05, 0.1) is 11.6 Å². The van der Waals surface area contributed by atoms with E-state index >= 15 is 0 Å². The maximum Gasteiger partial charge on any atom is 0.254 e. The van der Waals surface area contributed by atoms with Crippen molar-refractivity contribution in [3.63, 3.8) is 0 Å². The van der Waals surface area contributed by atoms with Gasteiger partial charge >= 0.3 is 0 Å². The fourth-order valence-electron chi connectivity index (χ4n) is 5.17. The van der Waals surface area contributed by atoms with Gasteiger partial charge in [-0.15, -0.1) is 0 Å². The van der Waals surface area contributed by atoms with E-state index in [1.54, 1.807) is 13.3 Å². The molecule has 232 valence electrons. The average Bonchev–Trinajstić information content (AvgIpc) is 3.80. The first-order valence-corrected chi connectivity index (χ1v) is 15.5. The summed E-state index contributed by atoms with van der Waals surface area (Å²) in [5, 5.41) is 8.85. The molecule has 42 heavy (non-hydrogen) atoms. The molecule has 0 aromatic heterocycles. The molecule has 0 bridgehead atoms. The van der Waals surface area contributed by atoms with Crippen LogP contribution in [0.15, 0.2) is 76.1 Å². The number of ether oxygens (including phenoxy) is 1. The quantitative estimate of drug-likeness (QED) is 0.133. The van der Waals surface area contributed by atoms with E-state index in [-0.39, 0.29) is 11.9 Å². The van der Waals surface area contributed by atoms with Crippen LogP contribution in [0.2, 0.25) is 0 Å². The Morgan fingerprint density at radius 2 is 1.86 bits per heavy atom. The van der Waals surface area contributed by atoms with E-state index in [1.807, 2.05) is 43.1 Å². The zero-order valence-electron chi connectivity index (χ0n) is 28.1. The molecule has 2 fully saturated rings. The van der Waals surface area contributed by atoms with Gasteiger partial charge in [0.25, 0.3) is 5.91 Å². The minimum atomic E-state index is -0.788. The maximum absolute atomic E-state index is 12.8. The third-order valence-electron chi connectivity index (χ3n) is 7.84. The summed E-state index contributed by atoms with van der Waals surface area (Å²) >= 11 is 0. The molecule has 0 radical (unpaired) electrons. The molecule has 1 unspecified atom stereocenters. The number of rotatable bonds is 12. The van der Waals surface area contributed by atoms with Crippen LogP contribution in [0.3, 0.4) is 0 Å². The molecule has 1 aliphatic heterocycles. The van der Waals surface area contributed by atoms with Crippen LogP contribution in [0.1, 0.15) is 94.4 Å². The van der Waals surface area contributed by atoms with Crippen molar-refractivity contribution in [3.05, 3.63) is 71.1 Å². The molecule has 1 heterocycles. The first kappa shape index (κ1) is 36.9. The lowest BCUT2D eigenvalue weighted by Crippen LogP contribution is -2.58. The van der Waals surface area contributed by atoms with Gasteiger partial charge in [-0.2, -0.15) is 5.26 Å². The van der Waals surface area contributed by atoms with Gasteiger partial charge in [0.2, 0.25) is 0 Å². The summed E-state index contributed by atoms with van der Waals surface area (Å²) in [6.07, 6.45) is 17.4. The molecule has 0 spiro atoms. The summed E-state index contributed by atoms with van der Waals surface area (Å²) in [5.41, 5.74) is 6.11. The number of aliphatic imine (C=N–C) groups is 1. The zero-order valence-corrected chi connectivity index (χ0v) is 28.1. The topological polar surface area (TPSA) is 68.9 Å². The van der Waals surface area contributed by atoms with Gasteiger partial charge in [-0.05, 0) is 97.8 Å². The number of amides is 1. The highest BCUT2D eigenvalue weighted by Gasteiger charge is 2.37. The second-order valence-electron chi connectivity index (χ2n) is 11.7. The fourth-order valence-corrected chi connectivity index (χ4v) is 5.17. The third-order valence-corrected chi connectivity index (χ3v) is 7.84. The van der Waals surface area contributed by atoms with Crippen LogP contribution in [0.25, 0.3) is 0 Å². The highest BCUT2D eigenvalue weighted by Crippen LogP contribution is 2.41. The van der Waals surface area contributed by atoms with Gasteiger partial charge in [0.1, 0.15) is 5.60 Å². The summed E-state index contributed by atoms with van der Waals surface area (Å²) in [6, 6.07) is 2.31. The normalized spacial score (nSPS) is 19.7. The highest BCUT2D eigenvalue weighted by atomic mass is 16.5. The van der Waals surface area contributed by atoms with Crippen LogP contribution in [-0.4, -0.2) is 59.8 Å². The summed E-state index contributed by atoms with van der Waals surface area (Å²) in [5.74, 6) is 0.702. The second kappa shape index (κ2) is 18.4. The van der Waals surface area contributed by atoms with E-state index in [2.05, 4.69) is 77.1 Å². The molecule has 1 amide bonds. The number of piperazine rings is 1. The molecule has 1 aliphatic carbocycles. The van der Waals surface area contributed by atoms with Gasteiger partial charge < -0.3 is 14.5 Å². The van der Waals surface area contributed by atoms with Crippen molar-refractivity contribution in [3.8, 4) is 6.07 Å². The Balaban J connectivity index is 0.000000532. The number of hydrogen-bond donors (Lipinski definition) is 0. The van der Waals surface area contributed by atoms with Crippen LogP contribution in [0.4, 0.5) is 0 Å². The Kier molecular flexibility index (Phi) is 16.1. The SMILES string of the molecule is C=CN=C(C)C(/C(=C\C)C1CC1)=C(\C)N1CCN(C(=O)C(C)(C)OC)C(C)C1.CC/C=C/C=C(C#N)\C=C(/C)CCC. The molecular weight excluding hydrogens is 520 g/mol. The molecule has 1 atom stereocenters.